The third-order valence-electron chi connectivity index (χ3n) is 4.01. The number of carbonyl (C=O) groups excluding carboxylic acids is 1. The van der Waals surface area contributed by atoms with Gasteiger partial charge in [-0.05, 0) is 35.9 Å². The minimum atomic E-state index is -0.811. The standard InChI is InChI=1S/C19H15F2N3O4/c20-13-2-4-16(14(21)8-13)26-10-24-6-5-15(23-24)19(25)22-9-12-1-3-17-18(7-12)28-11-27-17/h1-8H,9-11H2,(H,22,25). The Morgan fingerprint density at radius 3 is 2.86 bits per heavy atom. The monoisotopic (exact) mass is 387 g/mol. The molecule has 2 heterocycles. The summed E-state index contributed by atoms with van der Waals surface area (Å²) < 4.78 is 43.6. The maximum absolute atomic E-state index is 13.6. The molecule has 1 aliphatic rings. The van der Waals surface area contributed by atoms with Gasteiger partial charge in [-0.15, -0.1) is 0 Å². The molecule has 0 atom stereocenters. The van der Waals surface area contributed by atoms with Gasteiger partial charge in [0.15, 0.2) is 29.8 Å². The SMILES string of the molecule is O=C(NCc1ccc2c(c1)OCO2)c1ccn(COc2ccc(F)cc2F)n1. The Morgan fingerprint density at radius 1 is 1.14 bits per heavy atom. The summed E-state index contributed by atoms with van der Waals surface area (Å²) in [5, 5.41) is 6.84. The molecule has 144 valence electrons. The van der Waals surface area contributed by atoms with Gasteiger partial charge >= 0.3 is 0 Å². The highest BCUT2D eigenvalue weighted by Crippen LogP contribution is 2.32. The smallest absolute Gasteiger partial charge is 0.272 e. The van der Waals surface area contributed by atoms with E-state index in [-0.39, 0.29) is 30.9 Å². The lowest BCUT2D eigenvalue weighted by molar-refractivity contribution is 0.0943. The number of nitrogens with zero attached hydrogens (tertiary/aromatic N) is 2. The minimum Gasteiger partial charge on any atom is -0.468 e. The average Bonchev–Trinajstić information content (AvgIpc) is 3.34. The number of nitrogens with one attached hydrogen (secondary N) is 1. The van der Waals surface area contributed by atoms with Crippen LogP contribution in [0.15, 0.2) is 48.7 Å². The lowest BCUT2D eigenvalue weighted by Crippen LogP contribution is -2.23. The zero-order valence-corrected chi connectivity index (χ0v) is 14.5. The van der Waals surface area contributed by atoms with Crippen LogP contribution in [-0.4, -0.2) is 22.5 Å². The van der Waals surface area contributed by atoms with Crippen molar-refractivity contribution in [3.05, 3.63) is 71.6 Å². The first-order valence-corrected chi connectivity index (χ1v) is 8.36. The number of rotatable bonds is 6. The lowest BCUT2D eigenvalue weighted by Gasteiger charge is -2.07. The number of aromatic nitrogens is 2. The number of carbonyl (C=O) groups is 1. The van der Waals surface area contributed by atoms with Crippen molar-refractivity contribution in [3.8, 4) is 17.2 Å². The molecule has 2 aromatic carbocycles. The molecule has 9 heteroatoms. The molecule has 7 nitrogen and oxygen atoms in total. The highest BCUT2D eigenvalue weighted by Gasteiger charge is 2.14. The van der Waals surface area contributed by atoms with Crippen LogP contribution in [0.5, 0.6) is 17.2 Å². The van der Waals surface area contributed by atoms with Crippen molar-refractivity contribution in [2.24, 2.45) is 0 Å². The summed E-state index contributed by atoms with van der Waals surface area (Å²) in [5.74, 6) is -0.665. The zero-order valence-electron chi connectivity index (χ0n) is 14.5. The minimum absolute atomic E-state index is 0.106. The normalized spacial score (nSPS) is 12.1. The summed E-state index contributed by atoms with van der Waals surface area (Å²) >= 11 is 0. The summed E-state index contributed by atoms with van der Waals surface area (Å²) in [6.45, 7) is 0.351. The Hall–Kier alpha value is -3.62. The zero-order chi connectivity index (χ0) is 19.5. The molecule has 1 amide bonds. The molecule has 3 aromatic rings. The van der Waals surface area contributed by atoms with Crippen LogP contribution in [0.2, 0.25) is 0 Å². The first-order valence-electron chi connectivity index (χ1n) is 8.36. The Morgan fingerprint density at radius 2 is 2.00 bits per heavy atom. The van der Waals surface area contributed by atoms with E-state index in [1.165, 1.54) is 23.0 Å². The van der Waals surface area contributed by atoms with Crippen molar-refractivity contribution in [1.29, 1.82) is 0 Å². The fourth-order valence-corrected chi connectivity index (χ4v) is 2.61. The fourth-order valence-electron chi connectivity index (χ4n) is 2.61. The van der Waals surface area contributed by atoms with Gasteiger partial charge in [-0.1, -0.05) is 6.07 Å². The van der Waals surface area contributed by atoms with Crippen molar-refractivity contribution < 1.29 is 27.8 Å². The number of fused-ring (bicyclic) bond motifs is 1. The molecular weight excluding hydrogens is 372 g/mol. The van der Waals surface area contributed by atoms with E-state index in [9.17, 15) is 13.6 Å². The van der Waals surface area contributed by atoms with E-state index in [2.05, 4.69) is 10.4 Å². The molecule has 0 radical (unpaired) electrons. The van der Waals surface area contributed by atoms with Crippen LogP contribution < -0.4 is 19.5 Å². The number of hydrogen-bond donors (Lipinski definition) is 1. The van der Waals surface area contributed by atoms with Crippen LogP contribution in [0, 0.1) is 11.6 Å². The average molecular weight is 387 g/mol. The van der Waals surface area contributed by atoms with Crippen molar-refractivity contribution >= 4 is 5.91 Å². The summed E-state index contributed by atoms with van der Waals surface area (Å²) in [6.07, 6.45) is 1.52. The van der Waals surface area contributed by atoms with Crippen molar-refractivity contribution in [1.82, 2.24) is 15.1 Å². The topological polar surface area (TPSA) is 74.6 Å². The van der Waals surface area contributed by atoms with Gasteiger partial charge in [0.1, 0.15) is 11.5 Å². The van der Waals surface area contributed by atoms with E-state index in [1.807, 2.05) is 6.07 Å². The van der Waals surface area contributed by atoms with Gasteiger partial charge in [0.05, 0.1) is 0 Å². The van der Waals surface area contributed by atoms with E-state index >= 15 is 0 Å². The van der Waals surface area contributed by atoms with E-state index < -0.39 is 11.6 Å². The molecule has 0 aliphatic carbocycles. The van der Waals surface area contributed by atoms with Crippen LogP contribution >= 0.6 is 0 Å². The maximum Gasteiger partial charge on any atom is 0.272 e. The number of halogens is 2. The molecule has 0 fully saturated rings. The Kier molecular flexibility index (Phi) is 4.79. The van der Waals surface area contributed by atoms with Gasteiger partial charge in [0, 0.05) is 18.8 Å². The van der Waals surface area contributed by atoms with Crippen molar-refractivity contribution in [3.63, 3.8) is 0 Å². The molecule has 1 aliphatic heterocycles. The van der Waals surface area contributed by atoms with Gasteiger partial charge in [0.25, 0.3) is 5.91 Å². The molecule has 28 heavy (non-hydrogen) atoms. The molecule has 0 bridgehead atoms. The third-order valence-corrected chi connectivity index (χ3v) is 4.01. The Balaban J connectivity index is 1.32. The first kappa shape index (κ1) is 17.8. The van der Waals surface area contributed by atoms with Gasteiger partial charge in [-0.25, -0.2) is 13.5 Å². The second-order valence-electron chi connectivity index (χ2n) is 5.96. The quantitative estimate of drug-likeness (QED) is 0.704. The molecule has 0 saturated heterocycles. The van der Waals surface area contributed by atoms with E-state index in [4.69, 9.17) is 14.2 Å². The van der Waals surface area contributed by atoms with Gasteiger partial charge in [-0.2, -0.15) is 5.10 Å². The second kappa shape index (κ2) is 7.55. The summed E-state index contributed by atoms with van der Waals surface area (Å²) in [7, 11) is 0. The van der Waals surface area contributed by atoms with Crippen molar-refractivity contribution in [2.75, 3.05) is 6.79 Å². The number of amides is 1. The van der Waals surface area contributed by atoms with Crippen LogP contribution in [0.1, 0.15) is 16.1 Å². The van der Waals surface area contributed by atoms with E-state index in [0.717, 1.165) is 17.7 Å². The Bertz CT molecular complexity index is 1020. The molecule has 0 saturated carbocycles. The number of hydrogen-bond acceptors (Lipinski definition) is 5. The van der Waals surface area contributed by atoms with E-state index in [1.54, 1.807) is 12.1 Å². The second-order valence-corrected chi connectivity index (χ2v) is 5.96. The summed E-state index contributed by atoms with van der Waals surface area (Å²) in [4.78, 5) is 12.2. The predicted octanol–water partition coefficient (Wildman–Crippen LogP) is 2.86. The maximum atomic E-state index is 13.6. The van der Waals surface area contributed by atoms with Crippen LogP contribution in [0.25, 0.3) is 0 Å². The number of benzene rings is 2. The molecule has 0 unspecified atom stereocenters. The molecule has 1 N–H and O–H groups in total. The third kappa shape index (κ3) is 3.88. The highest BCUT2D eigenvalue weighted by molar-refractivity contribution is 5.92. The number of ether oxygens (including phenoxy) is 3. The summed E-state index contributed by atoms with van der Waals surface area (Å²) in [6, 6.07) is 9.94. The molecule has 1 aromatic heterocycles. The van der Waals surface area contributed by atoms with Gasteiger partial charge < -0.3 is 19.5 Å². The Labute approximate surface area is 158 Å². The largest absolute Gasteiger partial charge is 0.468 e. The van der Waals surface area contributed by atoms with Crippen molar-refractivity contribution in [2.45, 2.75) is 13.3 Å². The van der Waals surface area contributed by atoms with E-state index in [0.29, 0.717) is 18.0 Å². The van der Waals surface area contributed by atoms with Gasteiger partial charge in [0.2, 0.25) is 6.79 Å². The molecular formula is C19H15F2N3O4. The predicted molar refractivity (Wildman–Crippen MR) is 92.9 cm³/mol. The molecule has 0 spiro atoms. The van der Waals surface area contributed by atoms with Crippen LogP contribution in [0.3, 0.4) is 0 Å². The van der Waals surface area contributed by atoms with Gasteiger partial charge in [-0.3, -0.25) is 4.79 Å². The lowest BCUT2D eigenvalue weighted by atomic mass is 10.2. The fraction of sp³-hybridized carbons (Fsp3) is 0.158. The first-order chi connectivity index (χ1) is 13.6. The van der Waals surface area contributed by atoms with Crippen LogP contribution in [-0.2, 0) is 13.3 Å². The summed E-state index contributed by atoms with van der Waals surface area (Å²) in [5.41, 5.74) is 1.04. The molecule has 4 rings (SSSR count). The highest BCUT2D eigenvalue weighted by atomic mass is 19.1. The van der Waals surface area contributed by atoms with Crippen LogP contribution in [0.4, 0.5) is 8.78 Å².